The van der Waals surface area contributed by atoms with Gasteiger partial charge >= 0.3 is 0 Å². The Labute approximate surface area is 180 Å². The van der Waals surface area contributed by atoms with Crippen LogP contribution in [0.4, 0.5) is 5.69 Å². The van der Waals surface area contributed by atoms with Gasteiger partial charge in [-0.05, 0) is 12.8 Å². The lowest BCUT2D eigenvalue weighted by atomic mass is 10.0. The summed E-state index contributed by atoms with van der Waals surface area (Å²) in [6, 6.07) is 6.40. The number of guanidine groups is 1. The predicted octanol–water partition coefficient (Wildman–Crippen LogP) is 2.75. The molecule has 3 aromatic rings. The molecule has 1 aliphatic heterocycles. The molecule has 160 valence electrons. The smallest absolute Gasteiger partial charge is 0.193 e. The molecule has 9 heteroatoms. The van der Waals surface area contributed by atoms with Crippen molar-refractivity contribution in [3.63, 3.8) is 0 Å². The largest absolute Gasteiger partial charge is 0.497 e. The molecule has 1 fully saturated rings. The third kappa shape index (κ3) is 4.62. The van der Waals surface area contributed by atoms with Gasteiger partial charge in [0.05, 0.1) is 26.5 Å². The van der Waals surface area contributed by atoms with Gasteiger partial charge in [-0.15, -0.1) is 11.3 Å². The van der Waals surface area contributed by atoms with E-state index in [2.05, 4.69) is 37.6 Å². The van der Waals surface area contributed by atoms with E-state index in [9.17, 15) is 0 Å². The number of methoxy groups -OCH3 is 2. The fraction of sp³-hybridized carbons (Fsp3) is 0.429. The van der Waals surface area contributed by atoms with E-state index >= 15 is 0 Å². The Morgan fingerprint density at radius 1 is 1.20 bits per heavy atom. The van der Waals surface area contributed by atoms with Crippen LogP contribution in [0, 0.1) is 0 Å². The molecule has 0 aliphatic carbocycles. The van der Waals surface area contributed by atoms with Crippen LogP contribution in [0.1, 0.15) is 18.5 Å². The van der Waals surface area contributed by atoms with Crippen LogP contribution in [0.15, 0.2) is 41.0 Å². The molecule has 1 aromatic carbocycles. The van der Waals surface area contributed by atoms with E-state index in [0.29, 0.717) is 12.6 Å². The zero-order valence-electron chi connectivity index (χ0n) is 17.6. The van der Waals surface area contributed by atoms with E-state index in [1.165, 1.54) is 0 Å². The lowest BCUT2D eigenvalue weighted by molar-refractivity contribution is 0.393. The first kappa shape index (κ1) is 20.3. The van der Waals surface area contributed by atoms with Crippen LogP contribution < -0.4 is 25.0 Å². The number of hydrogen-bond donors (Lipinski definition) is 2. The first-order chi connectivity index (χ1) is 14.7. The summed E-state index contributed by atoms with van der Waals surface area (Å²) in [6.45, 7) is 2.57. The molecule has 0 saturated carbocycles. The molecule has 3 heterocycles. The number of benzene rings is 1. The SMILES string of the molecule is CN=C(NCc1cn2ccsc2n1)NC1CCN(c2cc(OC)cc(OC)c2)CC1. The van der Waals surface area contributed by atoms with Crippen molar-refractivity contribution < 1.29 is 9.47 Å². The van der Waals surface area contributed by atoms with Gasteiger partial charge in [0.1, 0.15) is 11.5 Å². The number of piperidine rings is 1. The van der Waals surface area contributed by atoms with Crippen molar-refractivity contribution in [3.8, 4) is 11.5 Å². The van der Waals surface area contributed by atoms with Crippen LogP contribution in [-0.4, -0.2) is 55.7 Å². The van der Waals surface area contributed by atoms with Crippen LogP contribution in [0.2, 0.25) is 0 Å². The maximum absolute atomic E-state index is 5.40. The highest BCUT2D eigenvalue weighted by molar-refractivity contribution is 7.15. The standard InChI is InChI=1S/C21H28N6O2S/c1-22-20(23-13-16-14-27-8-9-30-21(27)25-16)24-15-4-6-26(7-5-15)17-10-18(28-2)12-19(11-17)29-3/h8-12,14-15H,4-7,13H2,1-3H3,(H2,22,23,24). The van der Waals surface area contributed by atoms with Gasteiger partial charge < -0.3 is 25.0 Å². The Morgan fingerprint density at radius 3 is 2.57 bits per heavy atom. The third-order valence-electron chi connectivity index (χ3n) is 5.34. The molecule has 0 bridgehead atoms. The molecule has 0 amide bonds. The molecule has 0 spiro atoms. The molecule has 2 aromatic heterocycles. The lowest BCUT2D eigenvalue weighted by Gasteiger charge is -2.34. The number of nitrogens with zero attached hydrogens (tertiary/aromatic N) is 4. The van der Waals surface area contributed by atoms with Crippen molar-refractivity contribution in [3.05, 3.63) is 41.7 Å². The third-order valence-corrected chi connectivity index (χ3v) is 6.11. The average molecular weight is 429 g/mol. The monoisotopic (exact) mass is 428 g/mol. The summed E-state index contributed by atoms with van der Waals surface area (Å²) >= 11 is 1.64. The van der Waals surface area contributed by atoms with Gasteiger partial charge in [0.15, 0.2) is 10.9 Å². The molecular weight excluding hydrogens is 400 g/mol. The van der Waals surface area contributed by atoms with E-state index in [-0.39, 0.29) is 0 Å². The van der Waals surface area contributed by atoms with E-state index in [1.807, 2.05) is 28.2 Å². The second kappa shape index (κ2) is 9.25. The van der Waals surface area contributed by atoms with E-state index < -0.39 is 0 Å². The van der Waals surface area contributed by atoms with Crippen molar-refractivity contribution in [2.75, 3.05) is 39.3 Å². The van der Waals surface area contributed by atoms with Crippen LogP contribution in [-0.2, 0) is 6.54 Å². The Balaban J connectivity index is 1.29. The molecule has 2 N–H and O–H groups in total. The van der Waals surface area contributed by atoms with E-state index in [4.69, 9.17) is 9.47 Å². The molecular formula is C21H28N6O2S. The van der Waals surface area contributed by atoms with Gasteiger partial charge in [-0.25, -0.2) is 4.98 Å². The predicted molar refractivity (Wildman–Crippen MR) is 121 cm³/mol. The van der Waals surface area contributed by atoms with Gasteiger partial charge in [-0.1, -0.05) is 0 Å². The summed E-state index contributed by atoms with van der Waals surface area (Å²) in [5.74, 6) is 2.44. The summed E-state index contributed by atoms with van der Waals surface area (Å²) in [6.07, 6.45) is 6.13. The number of imidazole rings is 1. The van der Waals surface area contributed by atoms with Gasteiger partial charge in [0, 0.05) is 67.8 Å². The van der Waals surface area contributed by atoms with Gasteiger partial charge in [0.2, 0.25) is 0 Å². The molecule has 0 atom stereocenters. The summed E-state index contributed by atoms with van der Waals surface area (Å²) in [7, 11) is 5.17. The zero-order valence-corrected chi connectivity index (χ0v) is 18.4. The maximum Gasteiger partial charge on any atom is 0.193 e. The van der Waals surface area contributed by atoms with Crippen molar-refractivity contribution in [2.24, 2.45) is 4.99 Å². The van der Waals surface area contributed by atoms with Gasteiger partial charge in [-0.2, -0.15) is 0 Å². The number of anilines is 1. The number of nitrogens with one attached hydrogen (secondary N) is 2. The minimum atomic E-state index is 0.380. The van der Waals surface area contributed by atoms with Crippen LogP contribution in [0.25, 0.3) is 4.96 Å². The fourth-order valence-corrected chi connectivity index (χ4v) is 4.40. The van der Waals surface area contributed by atoms with Crippen LogP contribution >= 0.6 is 11.3 Å². The first-order valence-corrected chi connectivity index (χ1v) is 10.9. The molecule has 1 aliphatic rings. The number of hydrogen-bond acceptors (Lipinski definition) is 6. The molecule has 1 saturated heterocycles. The zero-order chi connectivity index (χ0) is 20.9. The van der Waals surface area contributed by atoms with Crippen LogP contribution in [0.3, 0.4) is 0 Å². The number of aromatic nitrogens is 2. The second-order valence-electron chi connectivity index (χ2n) is 7.23. The number of ether oxygens (including phenoxy) is 2. The number of rotatable bonds is 6. The normalized spacial score (nSPS) is 15.4. The highest BCUT2D eigenvalue weighted by Gasteiger charge is 2.21. The topological polar surface area (TPSA) is 75.4 Å². The molecule has 4 rings (SSSR count). The summed E-state index contributed by atoms with van der Waals surface area (Å²) in [5.41, 5.74) is 2.14. The number of fused-ring (bicyclic) bond motifs is 1. The number of aliphatic imine (C=N–C) groups is 1. The minimum absolute atomic E-state index is 0.380. The molecule has 30 heavy (non-hydrogen) atoms. The molecule has 0 unspecified atom stereocenters. The van der Waals surface area contributed by atoms with Gasteiger partial charge in [0.25, 0.3) is 0 Å². The van der Waals surface area contributed by atoms with Gasteiger partial charge in [-0.3, -0.25) is 9.39 Å². The summed E-state index contributed by atoms with van der Waals surface area (Å²) < 4.78 is 12.9. The summed E-state index contributed by atoms with van der Waals surface area (Å²) in [5, 5.41) is 8.96. The van der Waals surface area contributed by atoms with Crippen LogP contribution in [0.5, 0.6) is 11.5 Å². The quantitative estimate of drug-likeness (QED) is 0.465. The minimum Gasteiger partial charge on any atom is -0.497 e. The van der Waals surface area contributed by atoms with Crippen molar-refractivity contribution >= 4 is 27.9 Å². The molecule has 0 radical (unpaired) electrons. The lowest BCUT2D eigenvalue weighted by Crippen LogP contribution is -2.48. The highest BCUT2D eigenvalue weighted by Crippen LogP contribution is 2.30. The Morgan fingerprint density at radius 2 is 1.93 bits per heavy atom. The number of thiazole rings is 1. The highest BCUT2D eigenvalue weighted by atomic mass is 32.1. The Bertz CT molecular complexity index is 955. The van der Waals surface area contributed by atoms with Crippen molar-refractivity contribution in [1.29, 1.82) is 0 Å². The summed E-state index contributed by atoms with van der Waals surface area (Å²) in [4.78, 5) is 12.4. The Kier molecular flexibility index (Phi) is 6.27. The maximum atomic E-state index is 5.40. The average Bonchev–Trinajstić information content (AvgIpc) is 3.38. The van der Waals surface area contributed by atoms with E-state index in [0.717, 1.165) is 59.7 Å². The second-order valence-corrected chi connectivity index (χ2v) is 8.10. The van der Waals surface area contributed by atoms with Crippen molar-refractivity contribution in [2.45, 2.75) is 25.4 Å². The fourth-order valence-electron chi connectivity index (χ4n) is 3.68. The first-order valence-electron chi connectivity index (χ1n) is 10.0. The molecule has 8 nitrogen and oxygen atoms in total. The van der Waals surface area contributed by atoms with Crippen molar-refractivity contribution in [1.82, 2.24) is 20.0 Å². The Hall–Kier alpha value is -2.94. The van der Waals surface area contributed by atoms with E-state index in [1.54, 1.807) is 32.6 Å².